The van der Waals surface area contributed by atoms with Crippen molar-refractivity contribution < 1.29 is 0 Å². The van der Waals surface area contributed by atoms with Crippen LogP contribution in [0.2, 0.25) is 0 Å². The molecule has 1 aliphatic carbocycles. The summed E-state index contributed by atoms with van der Waals surface area (Å²) < 4.78 is 0. The Hall–Kier alpha value is 0.310. The Labute approximate surface area is 86.0 Å². The van der Waals surface area contributed by atoms with Crippen LogP contribution in [0.25, 0.3) is 0 Å². The van der Waals surface area contributed by atoms with Crippen molar-refractivity contribution in [3.05, 3.63) is 0 Å². The highest BCUT2D eigenvalue weighted by atomic mass is 32.2. The van der Waals surface area contributed by atoms with Crippen LogP contribution in [0.5, 0.6) is 0 Å². The summed E-state index contributed by atoms with van der Waals surface area (Å²) in [7, 11) is 0. The monoisotopic (exact) mass is 199 g/mol. The van der Waals surface area contributed by atoms with Gasteiger partial charge in [-0.15, -0.1) is 0 Å². The maximum atomic E-state index is 3.80. The molecule has 1 N–H and O–H groups in total. The van der Waals surface area contributed by atoms with Gasteiger partial charge in [-0.3, -0.25) is 0 Å². The van der Waals surface area contributed by atoms with E-state index >= 15 is 0 Å². The van der Waals surface area contributed by atoms with Crippen LogP contribution in [-0.4, -0.2) is 23.6 Å². The first-order valence-corrected chi connectivity index (χ1v) is 6.85. The van der Waals surface area contributed by atoms with E-state index in [0.29, 0.717) is 0 Å². The first-order chi connectivity index (χ1) is 6.36. The summed E-state index contributed by atoms with van der Waals surface area (Å²) in [5, 5.41) is 3.80. The summed E-state index contributed by atoms with van der Waals surface area (Å²) in [6.07, 6.45) is 7.26. The van der Waals surface area contributed by atoms with Gasteiger partial charge in [0.1, 0.15) is 0 Å². The van der Waals surface area contributed by atoms with E-state index in [9.17, 15) is 0 Å². The summed E-state index contributed by atoms with van der Waals surface area (Å²) in [5.74, 6) is 3.71. The Bertz CT molecular complexity index is 154. The van der Waals surface area contributed by atoms with Crippen LogP contribution >= 0.6 is 11.8 Å². The van der Waals surface area contributed by atoms with Gasteiger partial charge >= 0.3 is 0 Å². The van der Waals surface area contributed by atoms with Crippen molar-refractivity contribution in [1.82, 2.24) is 5.32 Å². The first kappa shape index (κ1) is 9.85. The molecule has 2 atom stereocenters. The molecular weight excluding hydrogens is 178 g/mol. The summed E-state index contributed by atoms with van der Waals surface area (Å²) >= 11 is 2.15. The molecule has 1 saturated carbocycles. The topological polar surface area (TPSA) is 12.0 Å². The Morgan fingerprint density at radius 2 is 1.92 bits per heavy atom. The average Bonchev–Trinajstić information content (AvgIpc) is 2.56. The Balaban J connectivity index is 1.88. The molecule has 1 saturated heterocycles. The lowest BCUT2D eigenvalue weighted by molar-refractivity contribution is 0.356. The van der Waals surface area contributed by atoms with Crippen LogP contribution in [0, 0.1) is 5.92 Å². The van der Waals surface area contributed by atoms with Crippen LogP contribution in [-0.2, 0) is 0 Å². The summed E-state index contributed by atoms with van der Waals surface area (Å²) in [5.41, 5.74) is 0. The predicted octanol–water partition coefficient (Wildman–Crippen LogP) is 2.66. The molecule has 0 spiro atoms. The Kier molecular flexibility index (Phi) is 3.56. The fourth-order valence-corrected chi connectivity index (χ4v) is 3.91. The summed E-state index contributed by atoms with van der Waals surface area (Å²) in [4.78, 5) is 0. The van der Waals surface area contributed by atoms with E-state index in [4.69, 9.17) is 0 Å². The number of rotatable bonds is 1. The van der Waals surface area contributed by atoms with Crippen molar-refractivity contribution in [2.45, 2.75) is 51.1 Å². The van der Waals surface area contributed by atoms with Crippen LogP contribution < -0.4 is 5.32 Å². The third-order valence-electron chi connectivity index (χ3n) is 3.46. The van der Waals surface area contributed by atoms with Gasteiger partial charge in [-0.25, -0.2) is 0 Å². The molecule has 0 aromatic rings. The second kappa shape index (κ2) is 4.70. The third kappa shape index (κ3) is 2.63. The zero-order valence-corrected chi connectivity index (χ0v) is 9.41. The van der Waals surface area contributed by atoms with Gasteiger partial charge in [-0.05, 0) is 37.9 Å². The smallest absolute Gasteiger partial charge is 0.0188 e. The highest BCUT2D eigenvalue weighted by molar-refractivity contribution is 7.99. The molecule has 2 heteroatoms. The molecule has 2 aliphatic rings. The average molecular weight is 199 g/mol. The lowest BCUT2D eigenvalue weighted by atomic mass is 9.99. The highest BCUT2D eigenvalue weighted by Gasteiger charge is 2.27. The number of hydrogen-bond acceptors (Lipinski definition) is 2. The van der Waals surface area contributed by atoms with Gasteiger partial charge in [0, 0.05) is 17.8 Å². The minimum Gasteiger partial charge on any atom is -0.310 e. The van der Waals surface area contributed by atoms with Crippen LogP contribution in [0.4, 0.5) is 0 Å². The summed E-state index contributed by atoms with van der Waals surface area (Å²) in [6.45, 7) is 2.34. The van der Waals surface area contributed by atoms with Gasteiger partial charge < -0.3 is 5.32 Å². The molecule has 2 fully saturated rings. The van der Waals surface area contributed by atoms with E-state index in [-0.39, 0.29) is 0 Å². The first-order valence-electron chi connectivity index (χ1n) is 5.70. The van der Waals surface area contributed by atoms with Crippen molar-refractivity contribution >= 4 is 11.8 Å². The van der Waals surface area contributed by atoms with E-state index in [0.717, 1.165) is 18.0 Å². The standard InChI is InChI=1S/C11H21NS/c1-9-6-7-13-8-11(12-9)10-4-2-3-5-10/h9-12H,2-8H2,1H3. The van der Waals surface area contributed by atoms with Crippen LogP contribution in [0.1, 0.15) is 39.0 Å². The van der Waals surface area contributed by atoms with Gasteiger partial charge in [0.15, 0.2) is 0 Å². The lowest BCUT2D eigenvalue weighted by Gasteiger charge is -2.24. The predicted molar refractivity (Wildman–Crippen MR) is 60.3 cm³/mol. The zero-order chi connectivity index (χ0) is 9.10. The molecule has 0 aromatic heterocycles. The largest absolute Gasteiger partial charge is 0.310 e. The van der Waals surface area contributed by atoms with Crippen molar-refractivity contribution in [3.8, 4) is 0 Å². The minimum atomic E-state index is 0.751. The van der Waals surface area contributed by atoms with E-state index in [2.05, 4.69) is 24.0 Å². The Morgan fingerprint density at radius 3 is 2.69 bits per heavy atom. The van der Waals surface area contributed by atoms with Crippen molar-refractivity contribution in [1.29, 1.82) is 0 Å². The van der Waals surface area contributed by atoms with Gasteiger partial charge in [0.05, 0.1) is 0 Å². The molecule has 1 aliphatic heterocycles. The van der Waals surface area contributed by atoms with Crippen LogP contribution in [0.3, 0.4) is 0 Å². The molecule has 0 aromatic carbocycles. The molecule has 2 rings (SSSR count). The van der Waals surface area contributed by atoms with Crippen molar-refractivity contribution in [3.63, 3.8) is 0 Å². The molecule has 0 radical (unpaired) electrons. The SMILES string of the molecule is CC1CCSCC(C2CCCC2)N1. The van der Waals surface area contributed by atoms with Gasteiger partial charge in [0.25, 0.3) is 0 Å². The zero-order valence-electron chi connectivity index (χ0n) is 8.59. The van der Waals surface area contributed by atoms with E-state index in [1.54, 1.807) is 0 Å². The second-order valence-electron chi connectivity index (χ2n) is 4.58. The quantitative estimate of drug-likeness (QED) is 0.697. The number of hydrogen-bond donors (Lipinski definition) is 1. The molecule has 1 nitrogen and oxygen atoms in total. The molecular formula is C11H21NS. The van der Waals surface area contributed by atoms with Crippen molar-refractivity contribution in [2.24, 2.45) is 5.92 Å². The molecule has 0 amide bonds. The Morgan fingerprint density at radius 1 is 1.15 bits per heavy atom. The molecule has 13 heavy (non-hydrogen) atoms. The number of thioether (sulfide) groups is 1. The van der Waals surface area contributed by atoms with E-state index in [1.807, 2.05) is 0 Å². The maximum Gasteiger partial charge on any atom is 0.0188 e. The fraction of sp³-hybridized carbons (Fsp3) is 1.00. The van der Waals surface area contributed by atoms with Gasteiger partial charge in [0.2, 0.25) is 0 Å². The highest BCUT2D eigenvalue weighted by Crippen LogP contribution is 2.30. The molecule has 2 unspecified atom stereocenters. The number of nitrogens with one attached hydrogen (secondary N) is 1. The minimum absolute atomic E-state index is 0.751. The van der Waals surface area contributed by atoms with Gasteiger partial charge in [-0.1, -0.05) is 12.8 Å². The van der Waals surface area contributed by atoms with Crippen LogP contribution in [0.15, 0.2) is 0 Å². The lowest BCUT2D eigenvalue weighted by Crippen LogP contribution is -2.41. The third-order valence-corrected chi connectivity index (χ3v) is 4.58. The van der Waals surface area contributed by atoms with E-state index in [1.165, 1.54) is 43.6 Å². The molecule has 76 valence electrons. The van der Waals surface area contributed by atoms with Crippen molar-refractivity contribution in [2.75, 3.05) is 11.5 Å². The van der Waals surface area contributed by atoms with E-state index < -0.39 is 0 Å². The van der Waals surface area contributed by atoms with Gasteiger partial charge in [-0.2, -0.15) is 11.8 Å². The normalized spacial score (nSPS) is 37.6. The molecule has 1 heterocycles. The maximum absolute atomic E-state index is 3.80. The summed E-state index contributed by atoms with van der Waals surface area (Å²) in [6, 6.07) is 1.57. The second-order valence-corrected chi connectivity index (χ2v) is 5.73. The molecule has 0 bridgehead atoms. The fourth-order valence-electron chi connectivity index (χ4n) is 2.60.